The van der Waals surface area contributed by atoms with E-state index in [1.807, 2.05) is 18.4 Å². The molecule has 0 spiro atoms. The van der Waals surface area contributed by atoms with Crippen LogP contribution in [0.2, 0.25) is 0 Å². The third-order valence-electron chi connectivity index (χ3n) is 3.70. The van der Waals surface area contributed by atoms with Crippen molar-refractivity contribution in [3.05, 3.63) is 21.9 Å². The highest BCUT2D eigenvalue weighted by Gasteiger charge is 2.29. The fourth-order valence-corrected chi connectivity index (χ4v) is 4.19. The SMILES string of the molecule is CCCC(NS(=O)(=O)CC)C(=O)N1CCc2sccc2C1. The van der Waals surface area contributed by atoms with Gasteiger partial charge in [0.15, 0.2) is 0 Å². The summed E-state index contributed by atoms with van der Waals surface area (Å²) in [5.74, 6) is -0.111. The Morgan fingerprint density at radius 1 is 1.48 bits per heavy atom. The quantitative estimate of drug-likeness (QED) is 0.864. The van der Waals surface area contributed by atoms with Crippen molar-refractivity contribution in [2.45, 2.75) is 45.7 Å². The van der Waals surface area contributed by atoms with E-state index in [-0.39, 0.29) is 11.7 Å². The molecule has 1 aliphatic rings. The van der Waals surface area contributed by atoms with Crippen LogP contribution in [0.5, 0.6) is 0 Å². The van der Waals surface area contributed by atoms with Crippen molar-refractivity contribution in [2.75, 3.05) is 12.3 Å². The second-order valence-corrected chi connectivity index (χ2v) is 8.28. The van der Waals surface area contributed by atoms with Gasteiger partial charge in [0.25, 0.3) is 0 Å². The number of carbonyl (C=O) groups excluding carboxylic acids is 1. The fourth-order valence-electron chi connectivity index (χ4n) is 2.48. The zero-order chi connectivity index (χ0) is 15.5. The van der Waals surface area contributed by atoms with E-state index in [9.17, 15) is 13.2 Å². The third-order valence-corrected chi connectivity index (χ3v) is 6.12. The first-order valence-corrected chi connectivity index (χ1v) is 9.84. The first-order chi connectivity index (χ1) is 9.96. The first-order valence-electron chi connectivity index (χ1n) is 7.31. The van der Waals surface area contributed by atoms with Crippen molar-refractivity contribution >= 4 is 27.3 Å². The molecular weight excluding hydrogens is 308 g/mol. The molecule has 0 aliphatic carbocycles. The summed E-state index contributed by atoms with van der Waals surface area (Å²) in [7, 11) is -3.37. The predicted octanol–water partition coefficient (Wildman–Crippen LogP) is 1.74. The van der Waals surface area contributed by atoms with Gasteiger partial charge in [-0.1, -0.05) is 13.3 Å². The molecular formula is C14H22N2O3S2. The number of rotatable bonds is 6. The molecule has 2 heterocycles. The number of fused-ring (bicyclic) bond motifs is 1. The summed E-state index contributed by atoms with van der Waals surface area (Å²) in [6.07, 6.45) is 2.16. The molecule has 1 aromatic rings. The van der Waals surface area contributed by atoms with Crippen molar-refractivity contribution in [2.24, 2.45) is 0 Å². The van der Waals surface area contributed by atoms with Crippen molar-refractivity contribution in [1.29, 1.82) is 0 Å². The Morgan fingerprint density at radius 3 is 2.90 bits per heavy atom. The van der Waals surface area contributed by atoms with Gasteiger partial charge in [-0.15, -0.1) is 11.3 Å². The molecule has 1 aliphatic heterocycles. The number of amides is 1. The number of thiophene rings is 1. The van der Waals surface area contributed by atoms with Crippen LogP contribution in [0.15, 0.2) is 11.4 Å². The van der Waals surface area contributed by atoms with Crippen LogP contribution in [0.3, 0.4) is 0 Å². The molecule has 0 saturated heterocycles. The van der Waals surface area contributed by atoms with E-state index in [0.29, 0.717) is 19.5 Å². The molecule has 1 N–H and O–H groups in total. The minimum absolute atomic E-state index is 0.00479. The van der Waals surface area contributed by atoms with E-state index in [1.54, 1.807) is 23.2 Å². The fraction of sp³-hybridized carbons (Fsp3) is 0.643. The lowest BCUT2D eigenvalue weighted by Gasteiger charge is -2.30. The predicted molar refractivity (Wildman–Crippen MR) is 84.7 cm³/mol. The molecule has 1 aromatic heterocycles. The lowest BCUT2D eigenvalue weighted by Crippen LogP contribution is -2.49. The monoisotopic (exact) mass is 330 g/mol. The second-order valence-electron chi connectivity index (χ2n) is 5.24. The maximum absolute atomic E-state index is 12.6. The Balaban J connectivity index is 2.09. The molecule has 118 valence electrons. The van der Waals surface area contributed by atoms with Gasteiger partial charge >= 0.3 is 0 Å². The van der Waals surface area contributed by atoms with E-state index < -0.39 is 16.1 Å². The minimum Gasteiger partial charge on any atom is -0.337 e. The average molecular weight is 330 g/mol. The van der Waals surface area contributed by atoms with Gasteiger partial charge in [-0.05, 0) is 36.8 Å². The van der Waals surface area contributed by atoms with Crippen LogP contribution in [0.1, 0.15) is 37.1 Å². The van der Waals surface area contributed by atoms with Crippen LogP contribution in [0.25, 0.3) is 0 Å². The highest BCUT2D eigenvalue weighted by atomic mass is 32.2. The molecule has 2 rings (SSSR count). The summed E-state index contributed by atoms with van der Waals surface area (Å²) in [4.78, 5) is 15.7. The Hall–Kier alpha value is -0.920. The maximum atomic E-state index is 12.6. The minimum atomic E-state index is -3.37. The van der Waals surface area contributed by atoms with Crippen LogP contribution in [-0.4, -0.2) is 37.6 Å². The van der Waals surface area contributed by atoms with E-state index in [2.05, 4.69) is 4.72 Å². The molecule has 0 saturated carbocycles. The zero-order valence-corrected chi connectivity index (χ0v) is 14.1. The van der Waals surface area contributed by atoms with E-state index in [0.717, 1.165) is 12.8 Å². The molecule has 0 aromatic carbocycles. The third kappa shape index (κ3) is 4.05. The topological polar surface area (TPSA) is 66.5 Å². The molecule has 0 bridgehead atoms. The highest BCUT2D eigenvalue weighted by Crippen LogP contribution is 2.24. The normalized spacial score (nSPS) is 16.6. The standard InChI is InChI=1S/C14H22N2O3S2/c1-3-5-12(15-21(18,19)4-2)14(17)16-8-6-13-11(10-16)7-9-20-13/h7,9,12,15H,3-6,8,10H2,1-2H3. The van der Waals surface area contributed by atoms with Gasteiger partial charge in [-0.3, -0.25) is 4.79 Å². The molecule has 0 fully saturated rings. The molecule has 7 heteroatoms. The highest BCUT2D eigenvalue weighted by molar-refractivity contribution is 7.89. The number of sulfonamides is 1. The van der Waals surface area contributed by atoms with Crippen LogP contribution in [-0.2, 0) is 27.8 Å². The molecule has 1 amide bonds. The number of hydrogen-bond donors (Lipinski definition) is 1. The molecule has 21 heavy (non-hydrogen) atoms. The lowest BCUT2D eigenvalue weighted by molar-refractivity contribution is -0.134. The summed E-state index contributed by atoms with van der Waals surface area (Å²) in [6, 6.07) is 1.41. The summed E-state index contributed by atoms with van der Waals surface area (Å²) in [5.41, 5.74) is 1.19. The molecule has 1 atom stereocenters. The summed E-state index contributed by atoms with van der Waals surface area (Å²) >= 11 is 1.72. The van der Waals surface area contributed by atoms with E-state index in [1.165, 1.54) is 10.4 Å². The Morgan fingerprint density at radius 2 is 2.24 bits per heavy atom. The van der Waals surface area contributed by atoms with Crippen molar-refractivity contribution in [3.8, 4) is 0 Å². The number of nitrogens with one attached hydrogen (secondary N) is 1. The van der Waals surface area contributed by atoms with Crippen molar-refractivity contribution < 1.29 is 13.2 Å². The zero-order valence-electron chi connectivity index (χ0n) is 12.5. The van der Waals surface area contributed by atoms with E-state index >= 15 is 0 Å². The summed E-state index contributed by atoms with van der Waals surface area (Å²) < 4.78 is 26.0. The van der Waals surface area contributed by atoms with E-state index in [4.69, 9.17) is 0 Å². The second kappa shape index (κ2) is 6.89. The summed E-state index contributed by atoms with van der Waals surface area (Å²) in [6.45, 7) is 4.79. The van der Waals surface area contributed by atoms with Gasteiger partial charge in [-0.2, -0.15) is 0 Å². The molecule has 5 nitrogen and oxygen atoms in total. The van der Waals surface area contributed by atoms with Crippen molar-refractivity contribution in [1.82, 2.24) is 9.62 Å². The Kier molecular flexibility index (Phi) is 5.40. The van der Waals surface area contributed by atoms with Crippen LogP contribution < -0.4 is 4.72 Å². The van der Waals surface area contributed by atoms with Gasteiger partial charge in [0, 0.05) is 18.0 Å². The smallest absolute Gasteiger partial charge is 0.241 e. The van der Waals surface area contributed by atoms with Crippen molar-refractivity contribution in [3.63, 3.8) is 0 Å². The number of hydrogen-bond acceptors (Lipinski definition) is 4. The largest absolute Gasteiger partial charge is 0.337 e. The molecule has 0 radical (unpaired) electrons. The number of carbonyl (C=O) groups is 1. The molecule has 1 unspecified atom stereocenters. The maximum Gasteiger partial charge on any atom is 0.241 e. The van der Waals surface area contributed by atoms with Gasteiger partial charge < -0.3 is 4.90 Å². The first kappa shape index (κ1) is 16.5. The Bertz CT molecular complexity index is 595. The lowest BCUT2D eigenvalue weighted by atomic mass is 10.1. The van der Waals surface area contributed by atoms with Gasteiger partial charge in [0.2, 0.25) is 15.9 Å². The van der Waals surface area contributed by atoms with Gasteiger partial charge in [0.05, 0.1) is 5.75 Å². The number of nitrogens with zero attached hydrogens (tertiary/aromatic N) is 1. The Labute approximate surface area is 130 Å². The van der Waals surface area contributed by atoms with Gasteiger partial charge in [-0.25, -0.2) is 13.1 Å². The van der Waals surface area contributed by atoms with Crippen LogP contribution in [0, 0.1) is 0 Å². The van der Waals surface area contributed by atoms with Crippen LogP contribution in [0.4, 0.5) is 0 Å². The van der Waals surface area contributed by atoms with Gasteiger partial charge in [0.1, 0.15) is 6.04 Å². The van der Waals surface area contributed by atoms with Crippen LogP contribution >= 0.6 is 11.3 Å². The summed E-state index contributed by atoms with van der Waals surface area (Å²) in [5, 5.41) is 2.04. The average Bonchev–Trinajstić information content (AvgIpc) is 2.93.